The van der Waals surface area contributed by atoms with Gasteiger partial charge in [-0.2, -0.15) is 0 Å². The van der Waals surface area contributed by atoms with E-state index in [1.807, 2.05) is 54.6 Å². The number of halogens is 1. The van der Waals surface area contributed by atoms with Gasteiger partial charge in [0.05, 0.1) is 29.6 Å². The maximum atomic E-state index is 13.5. The third kappa shape index (κ3) is 7.48. The Hall–Kier alpha value is -4.59. The number of aryl methyl sites for hydroxylation is 1. The molecule has 2 N–H and O–H groups in total. The average molecular weight is 714 g/mol. The quantitative estimate of drug-likeness (QED) is 0.143. The molecule has 0 aromatic heterocycles. The van der Waals surface area contributed by atoms with Gasteiger partial charge in [0, 0.05) is 11.8 Å². The smallest absolute Gasteiger partial charge is 0.335 e. The molecule has 12 heteroatoms. The Labute approximate surface area is 268 Å². The van der Waals surface area contributed by atoms with E-state index >= 15 is 0 Å². The van der Waals surface area contributed by atoms with Crippen molar-refractivity contribution >= 4 is 63.8 Å². The van der Waals surface area contributed by atoms with Crippen molar-refractivity contribution in [2.45, 2.75) is 27.2 Å². The summed E-state index contributed by atoms with van der Waals surface area (Å²) >= 11 is 2.01. The van der Waals surface area contributed by atoms with E-state index in [-0.39, 0.29) is 29.5 Å². The number of imide groups is 2. The van der Waals surface area contributed by atoms with E-state index in [9.17, 15) is 19.2 Å². The molecule has 0 atom stereocenters. The molecule has 4 rings (SSSR count). The van der Waals surface area contributed by atoms with Gasteiger partial charge in [-0.05, 0) is 90.4 Å². The van der Waals surface area contributed by atoms with E-state index in [1.165, 1.54) is 19.3 Å². The second-order valence-electron chi connectivity index (χ2n) is 9.56. The van der Waals surface area contributed by atoms with Crippen LogP contribution >= 0.6 is 22.6 Å². The molecule has 44 heavy (non-hydrogen) atoms. The summed E-state index contributed by atoms with van der Waals surface area (Å²) in [5, 5.41) is 5.04. The molecule has 0 saturated carbocycles. The van der Waals surface area contributed by atoms with E-state index in [2.05, 4.69) is 10.6 Å². The van der Waals surface area contributed by atoms with Gasteiger partial charge in [-0.1, -0.05) is 25.1 Å². The number of para-hydroxylation sites is 1. The summed E-state index contributed by atoms with van der Waals surface area (Å²) in [6.45, 7) is 6.20. The van der Waals surface area contributed by atoms with Crippen LogP contribution in [-0.2, 0) is 14.4 Å². The molecule has 1 fully saturated rings. The van der Waals surface area contributed by atoms with Crippen LogP contribution in [0.2, 0.25) is 0 Å². The van der Waals surface area contributed by atoms with Crippen molar-refractivity contribution in [3.8, 4) is 23.0 Å². The summed E-state index contributed by atoms with van der Waals surface area (Å²) < 4.78 is 23.2. The van der Waals surface area contributed by atoms with Gasteiger partial charge < -0.3 is 24.3 Å². The maximum absolute atomic E-state index is 13.5. The molecule has 1 aliphatic heterocycles. The minimum absolute atomic E-state index is 0.207. The van der Waals surface area contributed by atoms with Crippen LogP contribution in [0.5, 0.6) is 23.0 Å². The molecular weight excluding hydrogens is 681 g/mol. The molecule has 3 aromatic rings. The van der Waals surface area contributed by atoms with Gasteiger partial charge in [-0.3, -0.25) is 19.7 Å². The number of carbonyl (C=O) groups is 4. The van der Waals surface area contributed by atoms with Crippen LogP contribution in [-0.4, -0.2) is 50.7 Å². The second kappa shape index (κ2) is 14.7. The lowest BCUT2D eigenvalue weighted by Gasteiger charge is -2.27. The standard InChI is InChI=1S/C32H32IN3O8/c1-5-13-43-25-12-11-21(17-26(25)42-6-2)36-31(39)22(30(38)35-32(36)40)14-20-15-23(33)29(27(16-20)41-4)44-18-28(37)34-24-10-8-7-9-19(24)3/h7-12,14-17H,5-6,13,18H2,1-4H3,(H,34,37)(H,35,38,40)/b22-14+. The molecule has 0 radical (unpaired) electrons. The van der Waals surface area contributed by atoms with E-state index < -0.39 is 17.8 Å². The highest BCUT2D eigenvalue weighted by molar-refractivity contribution is 14.1. The first-order valence-electron chi connectivity index (χ1n) is 13.8. The molecular formula is C32H32IN3O8. The van der Waals surface area contributed by atoms with Crippen LogP contribution in [0.15, 0.2) is 60.2 Å². The van der Waals surface area contributed by atoms with Crippen LogP contribution in [0.4, 0.5) is 16.2 Å². The Morgan fingerprint density at radius 3 is 2.45 bits per heavy atom. The summed E-state index contributed by atoms with van der Waals surface area (Å²) in [6, 6.07) is 14.4. The third-order valence-corrected chi connectivity index (χ3v) is 7.18. The number of nitrogens with zero attached hydrogens (tertiary/aromatic N) is 1. The van der Waals surface area contributed by atoms with Gasteiger partial charge in [0.1, 0.15) is 5.57 Å². The minimum atomic E-state index is -0.887. The Morgan fingerprint density at radius 2 is 1.75 bits per heavy atom. The number of hydrogen-bond acceptors (Lipinski definition) is 8. The number of amides is 5. The topological polar surface area (TPSA) is 132 Å². The fourth-order valence-corrected chi connectivity index (χ4v) is 5.08. The minimum Gasteiger partial charge on any atom is -0.493 e. The number of urea groups is 1. The monoisotopic (exact) mass is 713 g/mol. The van der Waals surface area contributed by atoms with Gasteiger partial charge in [0.25, 0.3) is 17.7 Å². The summed E-state index contributed by atoms with van der Waals surface area (Å²) in [7, 11) is 1.44. The Morgan fingerprint density at radius 1 is 0.977 bits per heavy atom. The van der Waals surface area contributed by atoms with E-state index in [0.29, 0.717) is 45.3 Å². The molecule has 1 heterocycles. The summed E-state index contributed by atoms with van der Waals surface area (Å²) in [5.41, 5.74) is 1.98. The Bertz CT molecular complexity index is 1620. The summed E-state index contributed by atoms with van der Waals surface area (Å²) in [6.07, 6.45) is 2.15. The molecule has 230 valence electrons. The van der Waals surface area contributed by atoms with Crippen LogP contribution in [0, 0.1) is 10.5 Å². The molecule has 3 aromatic carbocycles. The molecule has 0 bridgehead atoms. The fourth-order valence-electron chi connectivity index (χ4n) is 4.29. The summed E-state index contributed by atoms with van der Waals surface area (Å²) in [5.74, 6) is -0.560. The van der Waals surface area contributed by atoms with Crippen molar-refractivity contribution in [1.29, 1.82) is 0 Å². The van der Waals surface area contributed by atoms with Gasteiger partial charge in [-0.25, -0.2) is 9.69 Å². The van der Waals surface area contributed by atoms with Crippen molar-refractivity contribution in [2.75, 3.05) is 37.1 Å². The van der Waals surface area contributed by atoms with Crippen molar-refractivity contribution in [2.24, 2.45) is 0 Å². The number of hydrogen-bond donors (Lipinski definition) is 2. The largest absolute Gasteiger partial charge is 0.493 e. The number of ether oxygens (including phenoxy) is 4. The Kier molecular flexibility index (Phi) is 10.8. The fraction of sp³-hybridized carbons (Fsp3) is 0.250. The van der Waals surface area contributed by atoms with Gasteiger partial charge in [0.15, 0.2) is 29.6 Å². The predicted molar refractivity (Wildman–Crippen MR) is 173 cm³/mol. The number of anilines is 2. The van der Waals surface area contributed by atoms with Crippen LogP contribution in [0.25, 0.3) is 6.08 Å². The van der Waals surface area contributed by atoms with Crippen LogP contribution in [0.1, 0.15) is 31.4 Å². The summed E-state index contributed by atoms with van der Waals surface area (Å²) in [4.78, 5) is 52.5. The molecule has 1 aliphatic rings. The lowest BCUT2D eigenvalue weighted by Crippen LogP contribution is -2.54. The highest BCUT2D eigenvalue weighted by Crippen LogP contribution is 2.36. The van der Waals surface area contributed by atoms with E-state index in [0.717, 1.165) is 16.9 Å². The third-order valence-electron chi connectivity index (χ3n) is 6.38. The molecule has 1 saturated heterocycles. The van der Waals surface area contributed by atoms with E-state index in [4.69, 9.17) is 18.9 Å². The first-order valence-corrected chi connectivity index (χ1v) is 14.9. The molecule has 5 amide bonds. The first-order chi connectivity index (χ1) is 21.2. The number of nitrogens with one attached hydrogen (secondary N) is 2. The number of carbonyl (C=O) groups excluding carboxylic acids is 4. The van der Waals surface area contributed by atoms with Crippen molar-refractivity contribution < 1.29 is 38.1 Å². The highest BCUT2D eigenvalue weighted by atomic mass is 127. The zero-order chi connectivity index (χ0) is 31.8. The van der Waals surface area contributed by atoms with Gasteiger partial charge in [-0.15, -0.1) is 0 Å². The van der Waals surface area contributed by atoms with Gasteiger partial charge in [0.2, 0.25) is 0 Å². The van der Waals surface area contributed by atoms with Crippen LogP contribution in [0.3, 0.4) is 0 Å². The normalized spacial score (nSPS) is 13.9. The zero-order valence-electron chi connectivity index (χ0n) is 24.7. The second-order valence-corrected chi connectivity index (χ2v) is 10.7. The average Bonchev–Trinajstić information content (AvgIpc) is 2.99. The number of methoxy groups -OCH3 is 1. The molecule has 11 nitrogen and oxygen atoms in total. The number of rotatable bonds is 12. The highest BCUT2D eigenvalue weighted by Gasteiger charge is 2.37. The molecule has 0 unspecified atom stereocenters. The van der Waals surface area contributed by atoms with Gasteiger partial charge >= 0.3 is 6.03 Å². The SMILES string of the molecule is CCCOc1ccc(N2C(=O)NC(=O)/C(=C\c3cc(I)c(OCC(=O)Nc4ccccc4C)c(OC)c3)C2=O)cc1OCC. The molecule has 0 spiro atoms. The maximum Gasteiger partial charge on any atom is 0.335 e. The Balaban J connectivity index is 1.58. The van der Waals surface area contributed by atoms with Crippen molar-refractivity contribution in [1.82, 2.24) is 5.32 Å². The first kappa shape index (κ1) is 32.3. The lowest BCUT2D eigenvalue weighted by atomic mass is 10.1. The predicted octanol–water partition coefficient (Wildman–Crippen LogP) is 5.48. The number of benzene rings is 3. The van der Waals surface area contributed by atoms with Crippen molar-refractivity contribution in [3.63, 3.8) is 0 Å². The lowest BCUT2D eigenvalue weighted by molar-refractivity contribution is -0.122. The van der Waals surface area contributed by atoms with Crippen LogP contribution < -0.4 is 34.5 Å². The zero-order valence-corrected chi connectivity index (χ0v) is 26.9. The van der Waals surface area contributed by atoms with Crippen molar-refractivity contribution in [3.05, 3.63) is 74.9 Å². The number of barbiturate groups is 1. The van der Waals surface area contributed by atoms with E-state index in [1.54, 1.807) is 37.3 Å². The molecule has 0 aliphatic carbocycles.